The van der Waals surface area contributed by atoms with Crippen molar-refractivity contribution in [1.82, 2.24) is 9.78 Å². The summed E-state index contributed by atoms with van der Waals surface area (Å²) in [7, 11) is 1.52. The third-order valence-electron chi connectivity index (χ3n) is 3.87. The van der Waals surface area contributed by atoms with Gasteiger partial charge >= 0.3 is 0 Å². The maximum Gasteiger partial charge on any atom is 0.282 e. The van der Waals surface area contributed by atoms with Crippen LogP contribution in [0.1, 0.15) is 61.2 Å². The molecule has 4 nitrogen and oxygen atoms in total. The van der Waals surface area contributed by atoms with Crippen molar-refractivity contribution in [2.75, 3.05) is 5.32 Å². The van der Waals surface area contributed by atoms with Crippen molar-refractivity contribution in [3.05, 3.63) is 47.3 Å². The Balaban J connectivity index is 2.27. The first kappa shape index (κ1) is 18.1. The predicted molar refractivity (Wildman–Crippen MR) is 90.4 cm³/mol. The smallest absolute Gasteiger partial charge is 0.282 e. The molecule has 0 fully saturated rings. The molecule has 1 N–H and O–H groups in total. The largest absolute Gasteiger partial charge is 0.322 e. The SMILES string of the molecule is CC(C)CC(C)c1ccccc1NC(=O)c1cn(C)nc1C(F)F. The summed E-state index contributed by atoms with van der Waals surface area (Å²) in [6, 6.07) is 7.48. The van der Waals surface area contributed by atoms with Gasteiger partial charge < -0.3 is 5.32 Å². The molecule has 130 valence electrons. The van der Waals surface area contributed by atoms with Crippen molar-refractivity contribution in [2.24, 2.45) is 13.0 Å². The molecule has 0 bridgehead atoms. The molecule has 0 aliphatic heterocycles. The Morgan fingerprint density at radius 3 is 2.54 bits per heavy atom. The first-order chi connectivity index (χ1) is 11.3. The molecule has 1 amide bonds. The van der Waals surface area contributed by atoms with Crippen LogP contribution in [0.2, 0.25) is 0 Å². The lowest BCUT2D eigenvalue weighted by molar-refractivity contribution is 0.101. The summed E-state index contributed by atoms with van der Waals surface area (Å²) in [6.45, 7) is 6.38. The van der Waals surface area contributed by atoms with E-state index in [4.69, 9.17) is 0 Å². The highest BCUT2D eigenvalue weighted by Crippen LogP contribution is 2.30. The van der Waals surface area contributed by atoms with Gasteiger partial charge in [0.05, 0.1) is 5.56 Å². The van der Waals surface area contributed by atoms with Gasteiger partial charge in [0.1, 0.15) is 5.69 Å². The van der Waals surface area contributed by atoms with Crippen molar-refractivity contribution < 1.29 is 13.6 Å². The van der Waals surface area contributed by atoms with Crippen molar-refractivity contribution in [3.8, 4) is 0 Å². The molecule has 6 heteroatoms. The highest BCUT2D eigenvalue weighted by molar-refractivity contribution is 6.05. The topological polar surface area (TPSA) is 46.9 Å². The fraction of sp³-hybridized carbons (Fsp3) is 0.444. The molecule has 1 heterocycles. The molecule has 0 spiro atoms. The molecule has 24 heavy (non-hydrogen) atoms. The van der Waals surface area contributed by atoms with E-state index in [1.165, 1.54) is 17.9 Å². The number of aryl methyl sites for hydroxylation is 1. The monoisotopic (exact) mass is 335 g/mol. The van der Waals surface area contributed by atoms with Crippen molar-refractivity contribution >= 4 is 11.6 Å². The lowest BCUT2D eigenvalue weighted by Crippen LogP contribution is -2.15. The van der Waals surface area contributed by atoms with Gasteiger partial charge in [0, 0.05) is 18.9 Å². The molecular weight excluding hydrogens is 312 g/mol. The number of nitrogens with zero attached hydrogens (tertiary/aromatic N) is 2. The molecule has 0 aliphatic carbocycles. The summed E-state index contributed by atoms with van der Waals surface area (Å²) in [4.78, 5) is 12.5. The van der Waals surface area contributed by atoms with Crippen LogP contribution in [0.5, 0.6) is 0 Å². The highest BCUT2D eigenvalue weighted by Gasteiger charge is 2.23. The van der Waals surface area contributed by atoms with E-state index in [9.17, 15) is 13.6 Å². The van der Waals surface area contributed by atoms with Gasteiger partial charge in [0.15, 0.2) is 0 Å². The Morgan fingerprint density at radius 2 is 1.92 bits per heavy atom. The van der Waals surface area contributed by atoms with E-state index in [0.29, 0.717) is 11.6 Å². The molecule has 1 unspecified atom stereocenters. The molecule has 2 aromatic rings. The normalized spacial score (nSPS) is 12.7. The van der Waals surface area contributed by atoms with Crippen LogP contribution in [0, 0.1) is 5.92 Å². The summed E-state index contributed by atoms with van der Waals surface area (Å²) in [5.74, 6) is 0.208. The average Bonchev–Trinajstić information content (AvgIpc) is 2.89. The van der Waals surface area contributed by atoms with Gasteiger partial charge in [0.2, 0.25) is 0 Å². The quantitative estimate of drug-likeness (QED) is 0.827. The number of para-hydroxylation sites is 1. The Bertz CT molecular complexity index is 710. The first-order valence-corrected chi connectivity index (χ1v) is 8.01. The molecule has 1 aromatic heterocycles. The van der Waals surface area contributed by atoms with Crippen LogP contribution in [-0.4, -0.2) is 15.7 Å². The van der Waals surface area contributed by atoms with Crippen molar-refractivity contribution in [3.63, 3.8) is 0 Å². The lowest BCUT2D eigenvalue weighted by atomic mass is 9.91. The number of halogens is 2. The van der Waals surface area contributed by atoms with Crippen LogP contribution in [0.15, 0.2) is 30.5 Å². The van der Waals surface area contributed by atoms with Gasteiger partial charge in [-0.1, -0.05) is 39.0 Å². The number of hydrogen-bond donors (Lipinski definition) is 1. The van der Waals surface area contributed by atoms with E-state index in [2.05, 4.69) is 31.2 Å². The molecule has 0 saturated heterocycles. The van der Waals surface area contributed by atoms with E-state index in [0.717, 1.165) is 12.0 Å². The Kier molecular flexibility index (Phi) is 5.70. The second kappa shape index (κ2) is 7.55. The van der Waals surface area contributed by atoms with Gasteiger partial charge in [-0.2, -0.15) is 5.10 Å². The number of anilines is 1. The molecule has 0 aliphatic rings. The number of hydrogen-bond acceptors (Lipinski definition) is 2. The number of benzene rings is 1. The van der Waals surface area contributed by atoms with Crippen LogP contribution in [0.4, 0.5) is 14.5 Å². The van der Waals surface area contributed by atoms with Crippen LogP contribution in [-0.2, 0) is 7.05 Å². The second-order valence-corrected chi connectivity index (χ2v) is 6.47. The van der Waals surface area contributed by atoms with Crippen LogP contribution in [0.25, 0.3) is 0 Å². The molecule has 1 atom stereocenters. The number of aromatic nitrogens is 2. The van der Waals surface area contributed by atoms with Gasteiger partial charge in [-0.15, -0.1) is 0 Å². The van der Waals surface area contributed by atoms with E-state index >= 15 is 0 Å². The maximum absolute atomic E-state index is 13.0. The Hall–Kier alpha value is -2.24. The lowest BCUT2D eigenvalue weighted by Gasteiger charge is -2.18. The summed E-state index contributed by atoms with van der Waals surface area (Å²) in [6.07, 6.45) is -0.499. The Labute approximate surface area is 140 Å². The van der Waals surface area contributed by atoms with Crippen molar-refractivity contribution in [2.45, 2.75) is 39.5 Å². The zero-order valence-electron chi connectivity index (χ0n) is 14.4. The minimum Gasteiger partial charge on any atom is -0.322 e. The number of nitrogens with one attached hydrogen (secondary N) is 1. The number of rotatable bonds is 6. The molecule has 0 radical (unpaired) electrons. The zero-order valence-corrected chi connectivity index (χ0v) is 14.4. The van der Waals surface area contributed by atoms with Gasteiger partial charge in [-0.25, -0.2) is 8.78 Å². The summed E-state index contributed by atoms with van der Waals surface area (Å²) >= 11 is 0. The first-order valence-electron chi connectivity index (χ1n) is 8.01. The standard InChI is InChI=1S/C18H23F2N3O/c1-11(2)9-12(3)13-7-5-6-8-15(13)21-18(24)14-10-23(4)22-16(14)17(19)20/h5-8,10-12,17H,9H2,1-4H3,(H,21,24). The third-order valence-corrected chi connectivity index (χ3v) is 3.87. The maximum atomic E-state index is 13.0. The summed E-state index contributed by atoms with van der Waals surface area (Å²) < 4.78 is 27.3. The van der Waals surface area contributed by atoms with E-state index in [1.807, 2.05) is 18.2 Å². The van der Waals surface area contributed by atoms with Crippen LogP contribution in [0.3, 0.4) is 0 Å². The molecule has 0 saturated carbocycles. The summed E-state index contributed by atoms with van der Waals surface area (Å²) in [5.41, 5.74) is 1.06. The van der Waals surface area contributed by atoms with Crippen molar-refractivity contribution in [1.29, 1.82) is 0 Å². The average molecular weight is 335 g/mol. The van der Waals surface area contributed by atoms with Crippen LogP contribution >= 0.6 is 0 Å². The highest BCUT2D eigenvalue weighted by atomic mass is 19.3. The molecule has 1 aromatic carbocycles. The number of carbonyl (C=O) groups is 1. The second-order valence-electron chi connectivity index (χ2n) is 6.47. The molecular formula is C18H23F2N3O. The van der Waals surface area contributed by atoms with Crippen LogP contribution < -0.4 is 5.32 Å². The van der Waals surface area contributed by atoms with Gasteiger partial charge in [0.25, 0.3) is 12.3 Å². The minimum absolute atomic E-state index is 0.0983. The molecule has 2 rings (SSSR count). The zero-order chi connectivity index (χ0) is 17.9. The van der Waals surface area contributed by atoms with Gasteiger partial charge in [-0.3, -0.25) is 9.48 Å². The number of alkyl halides is 2. The number of amides is 1. The van der Waals surface area contributed by atoms with Gasteiger partial charge in [-0.05, 0) is 29.9 Å². The predicted octanol–water partition coefficient (Wildman–Crippen LogP) is 4.76. The number of carbonyl (C=O) groups excluding carboxylic acids is 1. The van der Waals surface area contributed by atoms with E-state index in [1.54, 1.807) is 6.07 Å². The minimum atomic E-state index is -2.79. The van der Waals surface area contributed by atoms with E-state index in [-0.39, 0.29) is 11.5 Å². The summed E-state index contributed by atoms with van der Waals surface area (Å²) in [5, 5.41) is 6.44. The van der Waals surface area contributed by atoms with E-state index < -0.39 is 18.0 Å². The Morgan fingerprint density at radius 1 is 1.25 bits per heavy atom. The fourth-order valence-corrected chi connectivity index (χ4v) is 2.91. The third kappa shape index (κ3) is 4.19. The fourth-order valence-electron chi connectivity index (χ4n) is 2.91.